The Hall–Kier alpha value is -2.80. The molecule has 1 atom stereocenters. The fourth-order valence-electron chi connectivity index (χ4n) is 3.05. The summed E-state index contributed by atoms with van der Waals surface area (Å²) in [6, 6.07) is 15.4. The van der Waals surface area contributed by atoms with Crippen LogP contribution in [0.4, 0.5) is 0 Å². The monoisotopic (exact) mass is 381 g/mol. The van der Waals surface area contributed by atoms with E-state index in [0.717, 1.165) is 12.2 Å². The van der Waals surface area contributed by atoms with Gasteiger partial charge in [-0.15, -0.1) is 11.8 Å². The van der Waals surface area contributed by atoms with Gasteiger partial charge in [0, 0.05) is 17.6 Å². The number of benzene rings is 2. The van der Waals surface area contributed by atoms with E-state index in [1.165, 1.54) is 10.5 Å². The Morgan fingerprint density at radius 3 is 2.93 bits per heavy atom. The Labute approximate surface area is 161 Å². The Balaban J connectivity index is 1.49. The number of para-hydroxylation sites is 1. The van der Waals surface area contributed by atoms with Crippen molar-refractivity contribution >= 4 is 17.7 Å². The molecule has 1 aromatic heterocycles. The van der Waals surface area contributed by atoms with Gasteiger partial charge in [0.2, 0.25) is 11.7 Å². The molecule has 27 heavy (non-hydrogen) atoms. The van der Waals surface area contributed by atoms with Gasteiger partial charge < -0.3 is 14.6 Å². The summed E-state index contributed by atoms with van der Waals surface area (Å²) in [5.41, 5.74) is 1.66. The number of fused-ring (bicyclic) bond motifs is 1. The van der Waals surface area contributed by atoms with Crippen molar-refractivity contribution in [1.82, 2.24) is 15.5 Å². The van der Waals surface area contributed by atoms with Gasteiger partial charge in [-0.1, -0.05) is 35.5 Å². The van der Waals surface area contributed by atoms with Crippen molar-refractivity contribution in [3.8, 4) is 5.75 Å². The Morgan fingerprint density at radius 1 is 1.26 bits per heavy atom. The molecule has 2 heterocycles. The molecule has 0 fully saturated rings. The normalized spacial score (nSPS) is 15.8. The second kappa shape index (κ2) is 7.84. The number of hydrogen-bond donors (Lipinski definition) is 1. The minimum absolute atomic E-state index is 0.00265. The smallest absolute Gasteiger partial charge is 0.255 e. The molecule has 0 aliphatic carbocycles. The summed E-state index contributed by atoms with van der Waals surface area (Å²) in [6.07, 6.45) is 0.901. The van der Waals surface area contributed by atoms with Gasteiger partial charge in [-0.05, 0) is 30.2 Å². The van der Waals surface area contributed by atoms with Crippen LogP contribution in [0.25, 0.3) is 0 Å². The first kappa shape index (κ1) is 17.6. The molecule has 1 N–H and O–H groups in total. The first-order valence-electron chi connectivity index (χ1n) is 8.74. The second-order valence-electron chi connectivity index (χ2n) is 6.22. The Morgan fingerprint density at radius 2 is 2.07 bits per heavy atom. The van der Waals surface area contributed by atoms with E-state index in [1.807, 2.05) is 36.0 Å². The summed E-state index contributed by atoms with van der Waals surface area (Å²) < 4.78 is 10.7. The zero-order chi connectivity index (χ0) is 18.6. The van der Waals surface area contributed by atoms with Crippen LogP contribution in [0.15, 0.2) is 57.9 Å². The van der Waals surface area contributed by atoms with Crippen LogP contribution in [0, 0.1) is 6.92 Å². The molecule has 1 aliphatic rings. The summed E-state index contributed by atoms with van der Waals surface area (Å²) in [5, 5.41) is 6.96. The van der Waals surface area contributed by atoms with Crippen molar-refractivity contribution in [2.24, 2.45) is 0 Å². The third kappa shape index (κ3) is 3.98. The lowest BCUT2D eigenvalue weighted by molar-refractivity contribution is 0.0930. The van der Waals surface area contributed by atoms with Crippen molar-refractivity contribution in [1.29, 1.82) is 0 Å². The lowest BCUT2D eigenvalue weighted by Gasteiger charge is -2.26. The highest BCUT2D eigenvalue weighted by Gasteiger charge is 2.23. The van der Waals surface area contributed by atoms with Crippen molar-refractivity contribution in [3.63, 3.8) is 0 Å². The summed E-state index contributed by atoms with van der Waals surface area (Å²) in [5.74, 6) is 2.25. The number of aromatic nitrogens is 2. The van der Waals surface area contributed by atoms with E-state index in [9.17, 15) is 4.79 Å². The van der Waals surface area contributed by atoms with Crippen LogP contribution in [0.2, 0.25) is 0 Å². The fourth-order valence-corrected chi connectivity index (χ4v) is 4.18. The first-order valence-corrected chi connectivity index (χ1v) is 9.73. The van der Waals surface area contributed by atoms with E-state index in [2.05, 4.69) is 27.6 Å². The molecule has 0 spiro atoms. The van der Waals surface area contributed by atoms with Gasteiger partial charge in [-0.3, -0.25) is 4.79 Å². The van der Waals surface area contributed by atoms with E-state index in [1.54, 1.807) is 19.1 Å². The fraction of sp³-hybridized carbons (Fsp3) is 0.250. The van der Waals surface area contributed by atoms with Crippen LogP contribution in [0.3, 0.4) is 0 Å². The molecule has 0 saturated carbocycles. The number of amides is 1. The van der Waals surface area contributed by atoms with E-state index in [4.69, 9.17) is 9.26 Å². The molecule has 0 radical (unpaired) electrons. The van der Waals surface area contributed by atoms with Crippen LogP contribution in [-0.2, 0) is 6.61 Å². The highest BCUT2D eigenvalue weighted by atomic mass is 32.2. The van der Waals surface area contributed by atoms with Crippen LogP contribution < -0.4 is 10.1 Å². The SMILES string of the molecule is Cc1nc(COc2ccccc2C(=O)NC2CCSc3ccccc32)no1. The summed E-state index contributed by atoms with van der Waals surface area (Å²) in [7, 11) is 0. The minimum Gasteiger partial charge on any atom is -0.485 e. The number of carbonyl (C=O) groups excluding carboxylic acids is 1. The predicted octanol–water partition coefficient (Wildman–Crippen LogP) is 3.92. The average molecular weight is 381 g/mol. The number of ether oxygens (including phenoxy) is 1. The highest BCUT2D eigenvalue weighted by molar-refractivity contribution is 7.99. The molecule has 2 aromatic carbocycles. The Bertz CT molecular complexity index is 957. The maximum absolute atomic E-state index is 12.9. The van der Waals surface area contributed by atoms with Gasteiger partial charge in [-0.25, -0.2) is 0 Å². The molecule has 6 nitrogen and oxygen atoms in total. The maximum atomic E-state index is 12.9. The lowest BCUT2D eigenvalue weighted by Crippen LogP contribution is -2.31. The number of rotatable bonds is 5. The number of aryl methyl sites for hydroxylation is 1. The largest absolute Gasteiger partial charge is 0.485 e. The second-order valence-corrected chi connectivity index (χ2v) is 7.35. The molecular weight excluding hydrogens is 362 g/mol. The van der Waals surface area contributed by atoms with Crippen molar-refractivity contribution in [2.75, 3.05) is 5.75 Å². The van der Waals surface area contributed by atoms with Gasteiger partial charge in [0.05, 0.1) is 11.6 Å². The van der Waals surface area contributed by atoms with E-state index >= 15 is 0 Å². The standard InChI is InChI=1S/C20H19N3O3S/c1-13-21-19(23-26-13)12-25-17-8-4-2-7-15(17)20(24)22-16-10-11-27-18-9-5-3-6-14(16)18/h2-9,16H,10-12H2,1H3,(H,22,24). The molecule has 1 unspecified atom stereocenters. The zero-order valence-electron chi connectivity index (χ0n) is 14.8. The van der Waals surface area contributed by atoms with Crippen LogP contribution in [0.5, 0.6) is 5.75 Å². The highest BCUT2D eigenvalue weighted by Crippen LogP contribution is 2.36. The van der Waals surface area contributed by atoms with Gasteiger partial charge in [0.1, 0.15) is 5.75 Å². The Kier molecular flexibility index (Phi) is 5.11. The number of thioether (sulfide) groups is 1. The summed E-state index contributed by atoms with van der Waals surface area (Å²) >= 11 is 1.83. The van der Waals surface area contributed by atoms with E-state index in [0.29, 0.717) is 23.0 Å². The van der Waals surface area contributed by atoms with Crippen LogP contribution in [0.1, 0.15) is 40.1 Å². The summed E-state index contributed by atoms with van der Waals surface area (Å²) in [4.78, 5) is 18.3. The molecule has 138 valence electrons. The maximum Gasteiger partial charge on any atom is 0.255 e. The third-order valence-corrected chi connectivity index (χ3v) is 5.44. The number of nitrogens with one attached hydrogen (secondary N) is 1. The van der Waals surface area contributed by atoms with Gasteiger partial charge in [0.15, 0.2) is 6.61 Å². The number of carbonyl (C=O) groups is 1. The molecule has 1 amide bonds. The van der Waals surface area contributed by atoms with Crippen molar-refractivity contribution in [2.45, 2.75) is 30.9 Å². The topological polar surface area (TPSA) is 77.2 Å². The van der Waals surface area contributed by atoms with E-state index < -0.39 is 0 Å². The van der Waals surface area contributed by atoms with Crippen LogP contribution in [-0.4, -0.2) is 21.8 Å². The molecule has 1 aliphatic heterocycles. The quantitative estimate of drug-likeness (QED) is 0.722. The molecule has 4 rings (SSSR count). The minimum atomic E-state index is -0.151. The molecule has 3 aromatic rings. The lowest BCUT2D eigenvalue weighted by atomic mass is 10.0. The van der Waals surface area contributed by atoms with Crippen molar-refractivity contribution < 1.29 is 14.1 Å². The van der Waals surface area contributed by atoms with E-state index in [-0.39, 0.29) is 18.6 Å². The van der Waals surface area contributed by atoms with Crippen molar-refractivity contribution in [3.05, 3.63) is 71.4 Å². The third-order valence-electron chi connectivity index (χ3n) is 4.32. The molecule has 7 heteroatoms. The molecule has 0 saturated heterocycles. The number of hydrogen-bond acceptors (Lipinski definition) is 6. The average Bonchev–Trinajstić information content (AvgIpc) is 3.12. The zero-order valence-corrected chi connectivity index (χ0v) is 15.7. The van der Waals surface area contributed by atoms with Gasteiger partial charge >= 0.3 is 0 Å². The first-order chi connectivity index (χ1) is 13.2. The predicted molar refractivity (Wildman–Crippen MR) is 102 cm³/mol. The molecule has 0 bridgehead atoms. The van der Waals surface area contributed by atoms with Crippen LogP contribution >= 0.6 is 11.8 Å². The van der Waals surface area contributed by atoms with Gasteiger partial charge in [-0.2, -0.15) is 4.98 Å². The molecular formula is C20H19N3O3S. The number of nitrogens with zero attached hydrogens (tertiary/aromatic N) is 2. The van der Waals surface area contributed by atoms with Gasteiger partial charge in [0.25, 0.3) is 5.91 Å². The summed E-state index contributed by atoms with van der Waals surface area (Å²) in [6.45, 7) is 1.86.